The number of nitrogens with zero attached hydrogens (tertiary/aromatic N) is 2. The fourth-order valence-electron chi connectivity index (χ4n) is 2.02. The standard InChI is InChI=1S/C14H13N3O4/c1-10-4-2-7-13(14(10)17(20)21)15-9-11-5-3-6-12(8-11)16(18)19/h2-8,15H,9H2,1H3. The second-order valence-corrected chi connectivity index (χ2v) is 4.51. The first-order chi connectivity index (χ1) is 9.99. The van der Waals surface area contributed by atoms with Crippen LogP contribution in [0.5, 0.6) is 0 Å². The van der Waals surface area contributed by atoms with Crippen LogP contribution in [0.15, 0.2) is 42.5 Å². The molecule has 0 bridgehead atoms. The molecule has 7 nitrogen and oxygen atoms in total. The molecule has 2 aromatic carbocycles. The van der Waals surface area contributed by atoms with Crippen LogP contribution in [0.3, 0.4) is 0 Å². The number of hydrogen-bond acceptors (Lipinski definition) is 5. The summed E-state index contributed by atoms with van der Waals surface area (Å²) in [5.41, 5.74) is 1.64. The van der Waals surface area contributed by atoms with Gasteiger partial charge < -0.3 is 5.32 Å². The van der Waals surface area contributed by atoms with Gasteiger partial charge in [-0.1, -0.05) is 24.3 Å². The van der Waals surface area contributed by atoms with E-state index in [2.05, 4.69) is 5.32 Å². The van der Waals surface area contributed by atoms with E-state index in [0.717, 1.165) is 0 Å². The Kier molecular flexibility index (Phi) is 4.13. The van der Waals surface area contributed by atoms with Gasteiger partial charge in [0.2, 0.25) is 0 Å². The van der Waals surface area contributed by atoms with Crippen LogP contribution >= 0.6 is 0 Å². The van der Waals surface area contributed by atoms with Gasteiger partial charge in [0, 0.05) is 24.2 Å². The molecule has 0 fully saturated rings. The third kappa shape index (κ3) is 3.33. The summed E-state index contributed by atoms with van der Waals surface area (Å²) in [5, 5.41) is 24.7. The van der Waals surface area contributed by atoms with E-state index < -0.39 is 9.85 Å². The van der Waals surface area contributed by atoms with Crippen molar-refractivity contribution in [1.29, 1.82) is 0 Å². The average Bonchev–Trinajstić information content (AvgIpc) is 2.45. The number of hydrogen-bond donors (Lipinski definition) is 1. The van der Waals surface area contributed by atoms with Crippen LogP contribution < -0.4 is 5.32 Å². The van der Waals surface area contributed by atoms with E-state index in [-0.39, 0.29) is 17.9 Å². The van der Waals surface area contributed by atoms with Crippen LogP contribution in [-0.2, 0) is 6.54 Å². The highest BCUT2D eigenvalue weighted by Gasteiger charge is 2.16. The molecule has 0 radical (unpaired) electrons. The van der Waals surface area contributed by atoms with Gasteiger partial charge in [0.05, 0.1) is 9.85 Å². The Bertz CT molecular complexity index is 700. The molecule has 0 saturated carbocycles. The monoisotopic (exact) mass is 287 g/mol. The number of benzene rings is 2. The topological polar surface area (TPSA) is 98.3 Å². The summed E-state index contributed by atoms with van der Waals surface area (Å²) in [6, 6.07) is 11.1. The molecule has 0 aliphatic rings. The van der Waals surface area contributed by atoms with Crippen LogP contribution in [0.25, 0.3) is 0 Å². The smallest absolute Gasteiger partial charge is 0.295 e. The molecule has 0 atom stereocenters. The highest BCUT2D eigenvalue weighted by molar-refractivity contribution is 5.65. The molecule has 1 N–H and O–H groups in total. The molecule has 108 valence electrons. The Morgan fingerprint density at radius 2 is 1.76 bits per heavy atom. The van der Waals surface area contributed by atoms with Gasteiger partial charge in [0.25, 0.3) is 11.4 Å². The van der Waals surface area contributed by atoms with Crippen molar-refractivity contribution in [1.82, 2.24) is 0 Å². The Morgan fingerprint density at radius 3 is 2.43 bits per heavy atom. The highest BCUT2D eigenvalue weighted by atomic mass is 16.6. The SMILES string of the molecule is Cc1cccc(NCc2cccc([N+](=O)[O-])c2)c1[N+](=O)[O-]. The lowest BCUT2D eigenvalue weighted by atomic mass is 10.1. The number of anilines is 1. The lowest BCUT2D eigenvalue weighted by Gasteiger charge is -2.08. The van der Waals surface area contributed by atoms with Crippen LogP contribution in [0, 0.1) is 27.2 Å². The fourth-order valence-corrected chi connectivity index (χ4v) is 2.02. The van der Waals surface area contributed by atoms with E-state index in [1.54, 1.807) is 37.3 Å². The van der Waals surface area contributed by atoms with E-state index in [0.29, 0.717) is 16.8 Å². The molecule has 0 aliphatic carbocycles. The van der Waals surface area contributed by atoms with Crippen molar-refractivity contribution in [2.75, 3.05) is 5.32 Å². The van der Waals surface area contributed by atoms with Crippen molar-refractivity contribution in [2.24, 2.45) is 0 Å². The lowest BCUT2D eigenvalue weighted by Crippen LogP contribution is -2.04. The van der Waals surface area contributed by atoms with Crippen molar-refractivity contribution in [3.63, 3.8) is 0 Å². The van der Waals surface area contributed by atoms with Gasteiger partial charge in [-0.25, -0.2) is 0 Å². The normalized spacial score (nSPS) is 10.1. The predicted molar refractivity (Wildman–Crippen MR) is 78.3 cm³/mol. The zero-order chi connectivity index (χ0) is 15.4. The van der Waals surface area contributed by atoms with Gasteiger partial charge in [0.1, 0.15) is 5.69 Å². The van der Waals surface area contributed by atoms with Crippen molar-refractivity contribution in [3.8, 4) is 0 Å². The van der Waals surface area contributed by atoms with Crippen molar-refractivity contribution < 1.29 is 9.85 Å². The van der Waals surface area contributed by atoms with Gasteiger partial charge in [-0.2, -0.15) is 0 Å². The number of nitro benzene ring substituents is 2. The first kappa shape index (κ1) is 14.4. The number of aryl methyl sites for hydroxylation is 1. The van der Waals surface area contributed by atoms with Gasteiger partial charge in [-0.3, -0.25) is 20.2 Å². The number of para-hydroxylation sites is 1. The summed E-state index contributed by atoms with van der Waals surface area (Å²) in [4.78, 5) is 20.9. The molecular formula is C14H13N3O4. The summed E-state index contributed by atoms with van der Waals surface area (Å²) >= 11 is 0. The number of nitro groups is 2. The summed E-state index contributed by atoms with van der Waals surface area (Å²) in [6.07, 6.45) is 0. The summed E-state index contributed by atoms with van der Waals surface area (Å²) < 4.78 is 0. The zero-order valence-corrected chi connectivity index (χ0v) is 11.3. The molecule has 0 unspecified atom stereocenters. The Labute approximate surface area is 120 Å². The molecule has 0 saturated heterocycles. The second kappa shape index (κ2) is 6.00. The second-order valence-electron chi connectivity index (χ2n) is 4.51. The average molecular weight is 287 g/mol. The summed E-state index contributed by atoms with van der Waals surface area (Å²) in [6.45, 7) is 1.93. The largest absolute Gasteiger partial charge is 0.375 e. The highest BCUT2D eigenvalue weighted by Crippen LogP contribution is 2.28. The van der Waals surface area contributed by atoms with Crippen LogP contribution in [0.1, 0.15) is 11.1 Å². The van der Waals surface area contributed by atoms with E-state index >= 15 is 0 Å². The summed E-state index contributed by atoms with van der Waals surface area (Å²) in [7, 11) is 0. The molecule has 0 amide bonds. The minimum atomic E-state index is -0.474. The van der Waals surface area contributed by atoms with Crippen LogP contribution in [0.4, 0.5) is 17.1 Å². The number of non-ortho nitro benzene ring substituents is 1. The molecule has 2 aromatic rings. The minimum Gasteiger partial charge on any atom is -0.375 e. The molecular weight excluding hydrogens is 274 g/mol. The van der Waals surface area contributed by atoms with Gasteiger partial charge >= 0.3 is 0 Å². The van der Waals surface area contributed by atoms with Crippen LogP contribution in [-0.4, -0.2) is 9.85 Å². The van der Waals surface area contributed by atoms with Crippen molar-refractivity contribution >= 4 is 17.1 Å². The maximum atomic E-state index is 11.1. The zero-order valence-electron chi connectivity index (χ0n) is 11.3. The Hall–Kier alpha value is -2.96. The molecule has 2 rings (SSSR count). The molecule has 0 aliphatic heterocycles. The Morgan fingerprint density at radius 1 is 1.05 bits per heavy atom. The molecule has 7 heteroatoms. The Balaban J connectivity index is 2.21. The van der Waals surface area contributed by atoms with Gasteiger partial charge in [0.15, 0.2) is 0 Å². The number of rotatable bonds is 5. The molecule has 0 heterocycles. The quantitative estimate of drug-likeness (QED) is 0.671. The van der Waals surface area contributed by atoms with Crippen LogP contribution in [0.2, 0.25) is 0 Å². The van der Waals surface area contributed by atoms with E-state index in [9.17, 15) is 20.2 Å². The lowest BCUT2D eigenvalue weighted by molar-refractivity contribution is -0.384. The third-order valence-electron chi connectivity index (χ3n) is 3.02. The molecule has 21 heavy (non-hydrogen) atoms. The van der Waals surface area contributed by atoms with E-state index in [1.807, 2.05) is 0 Å². The fraction of sp³-hybridized carbons (Fsp3) is 0.143. The van der Waals surface area contributed by atoms with Crippen molar-refractivity contribution in [3.05, 3.63) is 73.8 Å². The van der Waals surface area contributed by atoms with Gasteiger partial charge in [-0.15, -0.1) is 0 Å². The first-order valence-corrected chi connectivity index (χ1v) is 6.20. The van der Waals surface area contributed by atoms with Gasteiger partial charge in [-0.05, 0) is 18.6 Å². The number of nitrogens with one attached hydrogen (secondary N) is 1. The third-order valence-corrected chi connectivity index (χ3v) is 3.02. The molecule has 0 aromatic heterocycles. The maximum Gasteiger partial charge on any atom is 0.295 e. The predicted octanol–water partition coefficient (Wildman–Crippen LogP) is 3.42. The van der Waals surface area contributed by atoms with Crippen molar-refractivity contribution in [2.45, 2.75) is 13.5 Å². The maximum absolute atomic E-state index is 11.1. The minimum absolute atomic E-state index is 0.00644. The van der Waals surface area contributed by atoms with E-state index in [1.165, 1.54) is 12.1 Å². The molecule has 0 spiro atoms. The first-order valence-electron chi connectivity index (χ1n) is 6.20. The summed E-state index contributed by atoms with van der Waals surface area (Å²) in [5.74, 6) is 0. The van der Waals surface area contributed by atoms with E-state index in [4.69, 9.17) is 0 Å².